The van der Waals surface area contributed by atoms with Gasteiger partial charge in [-0.05, 0) is 12.8 Å². The molecule has 0 spiro atoms. The Morgan fingerprint density at radius 3 is 2.26 bits per heavy atom. The Labute approximate surface area is 114 Å². The number of halogens is 3. The molecule has 2 rings (SSSR count). The Morgan fingerprint density at radius 1 is 1.21 bits per heavy atom. The smallest absolute Gasteiger partial charge is 0.161 e. The van der Waals surface area contributed by atoms with Crippen molar-refractivity contribution in [2.24, 2.45) is 4.99 Å². The van der Waals surface area contributed by atoms with Crippen molar-refractivity contribution in [1.29, 1.82) is 0 Å². The van der Waals surface area contributed by atoms with Crippen LogP contribution in [0.4, 0.5) is 18.9 Å². The van der Waals surface area contributed by atoms with Crippen LogP contribution in [0.2, 0.25) is 0 Å². The molecule has 0 radical (unpaired) electrons. The molecule has 104 valence electrons. The number of anilines is 1. The number of rotatable bonds is 3. The van der Waals surface area contributed by atoms with E-state index in [1.807, 2.05) is 13.8 Å². The Bertz CT molecular complexity index is 490. The van der Waals surface area contributed by atoms with Crippen LogP contribution in [0.1, 0.15) is 26.7 Å². The molecule has 1 aliphatic heterocycles. The molecule has 0 saturated carbocycles. The summed E-state index contributed by atoms with van der Waals surface area (Å²) in [5.41, 5.74) is -0.518. The van der Waals surface area contributed by atoms with Crippen LogP contribution < -0.4 is 5.32 Å². The largest absolute Gasteiger partial charge is 0.330 e. The lowest BCUT2D eigenvalue weighted by Crippen LogP contribution is -2.24. The first-order chi connectivity index (χ1) is 8.99. The van der Waals surface area contributed by atoms with Gasteiger partial charge < -0.3 is 5.32 Å². The first-order valence-corrected chi connectivity index (χ1v) is 7.12. The third-order valence-electron chi connectivity index (χ3n) is 3.37. The molecule has 6 heteroatoms. The van der Waals surface area contributed by atoms with Crippen molar-refractivity contribution in [2.75, 3.05) is 11.1 Å². The van der Waals surface area contributed by atoms with Gasteiger partial charge in [-0.15, -0.1) is 0 Å². The van der Waals surface area contributed by atoms with Crippen LogP contribution in [0, 0.1) is 17.5 Å². The quantitative estimate of drug-likeness (QED) is 0.902. The van der Waals surface area contributed by atoms with E-state index in [9.17, 15) is 13.2 Å². The highest BCUT2D eigenvalue weighted by molar-refractivity contribution is 8.14. The fraction of sp³-hybridized carbons (Fsp3) is 0.462. The molecule has 0 aromatic heterocycles. The summed E-state index contributed by atoms with van der Waals surface area (Å²) in [6.07, 6.45) is 1.74. The van der Waals surface area contributed by atoms with E-state index in [4.69, 9.17) is 0 Å². The normalized spacial score (nSPS) is 17.4. The first kappa shape index (κ1) is 14.2. The number of thioether (sulfide) groups is 1. The summed E-state index contributed by atoms with van der Waals surface area (Å²) < 4.78 is 39.8. The van der Waals surface area contributed by atoms with Crippen molar-refractivity contribution in [3.05, 3.63) is 29.6 Å². The molecular weight excluding hydrogens is 273 g/mol. The number of nitrogens with one attached hydrogen (secondary N) is 1. The van der Waals surface area contributed by atoms with Gasteiger partial charge in [0.05, 0.1) is 5.54 Å². The van der Waals surface area contributed by atoms with Crippen molar-refractivity contribution < 1.29 is 13.2 Å². The molecule has 19 heavy (non-hydrogen) atoms. The third kappa shape index (κ3) is 2.88. The van der Waals surface area contributed by atoms with Gasteiger partial charge in [-0.1, -0.05) is 25.6 Å². The van der Waals surface area contributed by atoms with E-state index in [1.54, 1.807) is 0 Å². The van der Waals surface area contributed by atoms with E-state index >= 15 is 0 Å². The maximum Gasteiger partial charge on any atom is 0.161 e. The van der Waals surface area contributed by atoms with Crippen LogP contribution in [0.25, 0.3) is 0 Å². The molecule has 1 N–H and O–H groups in total. The number of amidine groups is 1. The van der Waals surface area contributed by atoms with Crippen molar-refractivity contribution in [3.8, 4) is 0 Å². The number of hydrogen-bond donors (Lipinski definition) is 1. The zero-order valence-corrected chi connectivity index (χ0v) is 11.6. The minimum absolute atomic E-state index is 0.167. The van der Waals surface area contributed by atoms with Gasteiger partial charge in [0.2, 0.25) is 0 Å². The zero-order valence-electron chi connectivity index (χ0n) is 10.8. The van der Waals surface area contributed by atoms with Crippen LogP contribution in [-0.4, -0.2) is 16.5 Å². The van der Waals surface area contributed by atoms with Gasteiger partial charge in [-0.2, -0.15) is 0 Å². The molecule has 1 aromatic carbocycles. The van der Waals surface area contributed by atoms with E-state index < -0.39 is 17.5 Å². The van der Waals surface area contributed by atoms with Crippen molar-refractivity contribution in [2.45, 2.75) is 32.2 Å². The number of nitrogens with zero attached hydrogens (tertiary/aromatic N) is 1. The highest BCUT2D eigenvalue weighted by Crippen LogP contribution is 2.34. The summed E-state index contributed by atoms with van der Waals surface area (Å²) in [6, 6.07) is 1.30. The van der Waals surface area contributed by atoms with Gasteiger partial charge in [0.15, 0.2) is 16.8 Å². The predicted molar refractivity (Wildman–Crippen MR) is 73.1 cm³/mol. The van der Waals surface area contributed by atoms with Gasteiger partial charge in [-0.25, -0.2) is 13.2 Å². The lowest BCUT2D eigenvalue weighted by molar-refractivity contribution is 0.456. The molecular formula is C13H15F3N2S. The number of hydrogen-bond acceptors (Lipinski definition) is 3. The Hall–Kier alpha value is -1.17. The van der Waals surface area contributed by atoms with E-state index in [0.717, 1.165) is 18.6 Å². The molecule has 1 heterocycles. The monoisotopic (exact) mass is 288 g/mol. The summed E-state index contributed by atoms with van der Waals surface area (Å²) >= 11 is 1.43. The number of benzene rings is 1. The van der Waals surface area contributed by atoms with Gasteiger partial charge in [0.25, 0.3) is 0 Å². The molecule has 0 atom stereocenters. The molecule has 2 nitrogen and oxygen atoms in total. The molecule has 0 aliphatic carbocycles. The number of aliphatic imine (C=N–C) groups is 1. The maximum atomic E-state index is 13.5. The van der Waals surface area contributed by atoms with Crippen LogP contribution in [0.15, 0.2) is 17.1 Å². The minimum Gasteiger partial charge on any atom is -0.330 e. The summed E-state index contributed by atoms with van der Waals surface area (Å²) in [5, 5.41) is 3.10. The standard InChI is InChI=1S/C13H15F3N2S/c1-3-13(4-2)7-19-12(18-13)17-11-9(15)5-8(14)6-10(11)16/h5-6H,3-4,7H2,1-2H3,(H,17,18). The van der Waals surface area contributed by atoms with Crippen LogP contribution in [-0.2, 0) is 0 Å². The van der Waals surface area contributed by atoms with Crippen LogP contribution >= 0.6 is 11.8 Å². The molecule has 0 saturated heterocycles. The summed E-state index contributed by atoms with van der Waals surface area (Å²) in [7, 11) is 0. The zero-order chi connectivity index (χ0) is 14.0. The second-order valence-electron chi connectivity index (χ2n) is 4.51. The summed E-state index contributed by atoms with van der Waals surface area (Å²) in [6.45, 7) is 4.07. The van der Waals surface area contributed by atoms with Crippen molar-refractivity contribution in [1.82, 2.24) is 0 Å². The molecule has 0 unspecified atom stereocenters. The average molecular weight is 288 g/mol. The van der Waals surface area contributed by atoms with Crippen molar-refractivity contribution >= 4 is 22.6 Å². The fourth-order valence-electron chi connectivity index (χ4n) is 1.93. The van der Waals surface area contributed by atoms with Gasteiger partial charge >= 0.3 is 0 Å². The van der Waals surface area contributed by atoms with E-state index in [1.165, 1.54) is 11.8 Å². The highest BCUT2D eigenvalue weighted by Gasteiger charge is 2.32. The second-order valence-corrected chi connectivity index (χ2v) is 5.47. The van der Waals surface area contributed by atoms with Crippen LogP contribution in [0.3, 0.4) is 0 Å². The van der Waals surface area contributed by atoms with E-state index in [0.29, 0.717) is 17.3 Å². The SMILES string of the molecule is CCC1(CC)CSC(Nc2c(F)cc(F)cc2F)=N1. The van der Waals surface area contributed by atoms with Gasteiger partial charge in [0, 0.05) is 17.9 Å². The van der Waals surface area contributed by atoms with Gasteiger partial charge in [-0.3, -0.25) is 4.99 Å². The third-order valence-corrected chi connectivity index (χ3v) is 4.52. The summed E-state index contributed by atoms with van der Waals surface area (Å²) in [5.74, 6) is -2.05. The molecule has 0 amide bonds. The maximum absolute atomic E-state index is 13.5. The van der Waals surface area contributed by atoms with Crippen molar-refractivity contribution in [3.63, 3.8) is 0 Å². The first-order valence-electron chi connectivity index (χ1n) is 6.14. The Kier molecular flexibility index (Phi) is 4.08. The minimum atomic E-state index is -0.953. The topological polar surface area (TPSA) is 24.4 Å². The fourth-order valence-corrected chi connectivity index (χ4v) is 3.24. The Balaban J connectivity index is 2.24. The average Bonchev–Trinajstić information content (AvgIpc) is 2.78. The lowest BCUT2D eigenvalue weighted by atomic mass is 9.97. The van der Waals surface area contributed by atoms with Gasteiger partial charge in [0.1, 0.15) is 11.5 Å². The molecule has 1 aromatic rings. The predicted octanol–water partition coefficient (Wildman–Crippen LogP) is 4.18. The van der Waals surface area contributed by atoms with E-state index in [-0.39, 0.29) is 11.2 Å². The Morgan fingerprint density at radius 2 is 1.79 bits per heavy atom. The second kappa shape index (κ2) is 5.45. The van der Waals surface area contributed by atoms with E-state index in [2.05, 4.69) is 10.3 Å². The highest BCUT2D eigenvalue weighted by atomic mass is 32.2. The molecule has 0 fully saturated rings. The lowest BCUT2D eigenvalue weighted by Gasteiger charge is -2.20. The molecule has 0 bridgehead atoms. The van der Waals surface area contributed by atoms with Crippen LogP contribution in [0.5, 0.6) is 0 Å². The molecule has 1 aliphatic rings. The summed E-state index contributed by atoms with van der Waals surface area (Å²) in [4.78, 5) is 4.50.